The number of benzene rings is 1. The van der Waals surface area contributed by atoms with Gasteiger partial charge in [-0.2, -0.15) is 0 Å². The van der Waals surface area contributed by atoms with E-state index < -0.39 is 0 Å². The highest BCUT2D eigenvalue weighted by molar-refractivity contribution is 7.13. The van der Waals surface area contributed by atoms with Gasteiger partial charge in [0.05, 0.1) is 5.69 Å². The maximum Gasteiger partial charge on any atom is 0.257 e. The normalized spacial score (nSPS) is 10.2. The molecule has 17 heavy (non-hydrogen) atoms. The van der Waals surface area contributed by atoms with Crippen LogP contribution in [0.15, 0.2) is 29.6 Å². The first kappa shape index (κ1) is 11.8. The highest BCUT2D eigenvalue weighted by Gasteiger charge is 2.08. The zero-order valence-corrected chi connectivity index (χ0v) is 10.3. The van der Waals surface area contributed by atoms with Gasteiger partial charge in [0, 0.05) is 17.5 Å². The van der Waals surface area contributed by atoms with Crippen molar-refractivity contribution in [2.45, 2.75) is 13.5 Å². The Hall–Kier alpha value is -1.72. The third-order valence-electron chi connectivity index (χ3n) is 2.26. The molecule has 0 bridgehead atoms. The monoisotopic (exact) mass is 247 g/mol. The number of nitrogens with zero attached hydrogens (tertiary/aromatic N) is 1. The van der Waals surface area contributed by atoms with Crippen molar-refractivity contribution < 1.29 is 4.79 Å². The lowest BCUT2D eigenvalue weighted by Gasteiger charge is -2.03. The summed E-state index contributed by atoms with van der Waals surface area (Å²) in [6.07, 6.45) is 0. The fourth-order valence-corrected chi connectivity index (χ4v) is 2.10. The van der Waals surface area contributed by atoms with Crippen LogP contribution in [0.1, 0.15) is 21.6 Å². The van der Waals surface area contributed by atoms with E-state index >= 15 is 0 Å². The van der Waals surface area contributed by atoms with E-state index in [0.717, 1.165) is 11.3 Å². The topological polar surface area (TPSA) is 68.0 Å². The summed E-state index contributed by atoms with van der Waals surface area (Å²) in [7, 11) is 0. The quantitative estimate of drug-likeness (QED) is 0.873. The molecule has 0 spiro atoms. The van der Waals surface area contributed by atoms with Gasteiger partial charge in [-0.1, -0.05) is 12.1 Å². The molecule has 2 aromatic rings. The molecule has 0 unspecified atom stereocenters. The molecule has 5 heteroatoms. The van der Waals surface area contributed by atoms with Gasteiger partial charge >= 0.3 is 0 Å². The number of nitrogens with one attached hydrogen (secondary N) is 1. The molecule has 0 saturated heterocycles. The Morgan fingerprint density at radius 1 is 1.53 bits per heavy atom. The lowest BCUT2D eigenvalue weighted by Crippen LogP contribution is -2.12. The predicted molar refractivity (Wildman–Crippen MR) is 69.1 cm³/mol. The van der Waals surface area contributed by atoms with Crippen LogP contribution in [0.25, 0.3) is 0 Å². The van der Waals surface area contributed by atoms with Crippen molar-refractivity contribution in [3.8, 4) is 0 Å². The van der Waals surface area contributed by atoms with Crippen LogP contribution < -0.4 is 11.1 Å². The summed E-state index contributed by atoms with van der Waals surface area (Å²) in [6.45, 7) is 2.32. The first-order valence-corrected chi connectivity index (χ1v) is 6.09. The molecule has 0 radical (unpaired) electrons. The molecule has 0 aliphatic rings. The number of carbonyl (C=O) groups is 1. The number of thiazole rings is 1. The van der Waals surface area contributed by atoms with Gasteiger partial charge in [0.2, 0.25) is 0 Å². The molecule has 1 heterocycles. The van der Waals surface area contributed by atoms with E-state index in [2.05, 4.69) is 10.3 Å². The number of carbonyl (C=O) groups excluding carboxylic acids is 1. The third-order valence-corrected chi connectivity index (χ3v) is 3.14. The van der Waals surface area contributed by atoms with E-state index in [4.69, 9.17) is 5.73 Å². The van der Waals surface area contributed by atoms with E-state index in [0.29, 0.717) is 17.2 Å². The van der Waals surface area contributed by atoms with E-state index in [9.17, 15) is 4.79 Å². The number of rotatable bonds is 3. The summed E-state index contributed by atoms with van der Waals surface area (Å²) in [6, 6.07) is 7.26. The second-order valence-electron chi connectivity index (χ2n) is 3.65. The summed E-state index contributed by atoms with van der Waals surface area (Å²) in [4.78, 5) is 16.1. The number of amides is 1. The van der Waals surface area contributed by atoms with Crippen molar-refractivity contribution in [1.29, 1.82) is 0 Å². The molecule has 3 N–H and O–H groups in total. The Morgan fingerprint density at radius 3 is 3.00 bits per heavy atom. The minimum atomic E-state index is -0.158. The smallest absolute Gasteiger partial charge is 0.257 e. The Labute approximate surface area is 103 Å². The molecule has 0 aliphatic heterocycles. The summed E-state index contributed by atoms with van der Waals surface area (Å²) in [5, 5.41) is 5.27. The maximum absolute atomic E-state index is 11.9. The van der Waals surface area contributed by atoms with Crippen LogP contribution in [0.2, 0.25) is 0 Å². The standard InChI is InChI=1S/C12H13N3OS/c1-8-7-17-12(14-8)15-11(16)10-4-2-3-9(5-10)6-13/h2-5,7H,6,13H2,1H3,(H,14,15,16). The minimum absolute atomic E-state index is 0.158. The Kier molecular flexibility index (Phi) is 3.51. The zero-order valence-electron chi connectivity index (χ0n) is 9.43. The van der Waals surface area contributed by atoms with Gasteiger partial charge in [-0.3, -0.25) is 10.1 Å². The van der Waals surface area contributed by atoms with Crippen LogP contribution in [0.4, 0.5) is 5.13 Å². The summed E-state index contributed by atoms with van der Waals surface area (Å²) < 4.78 is 0. The highest BCUT2D eigenvalue weighted by atomic mass is 32.1. The first-order valence-electron chi connectivity index (χ1n) is 5.21. The molecule has 0 fully saturated rings. The number of nitrogens with two attached hydrogens (primary N) is 1. The lowest BCUT2D eigenvalue weighted by atomic mass is 10.1. The third kappa shape index (κ3) is 2.89. The van der Waals surface area contributed by atoms with Crippen molar-refractivity contribution in [3.05, 3.63) is 46.5 Å². The summed E-state index contributed by atoms with van der Waals surface area (Å²) >= 11 is 1.41. The van der Waals surface area contributed by atoms with Crippen LogP contribution in [0.3, 0.4) is 0 Å². The van der Waals surface area contributed by atoms with Crippen LogP contribution in [0.5, 0.6) is 0 Å². The first-order chi connectivity index (χ1) is 8.19. The number of aromatic nitrogens is 1. The van der Waals surface area contributed by atoms with Gasteiger partial charge < -0.3 is 5.73 Å². The van der Waals surface area contributed by atoms with Crippen molar-refractivity contribution in [2.75, 3.05) is 5.32 Å². The van der Waals surface area contributed by atoms with Crippen LogP contribution >= 0.6 is 11.3 Å². The molecule has 4 nitrogen and oxygen atoms in total. The second kappa shape index (κ2) is 5.07. The number of hydrogen-bond donors (Lipinski definition) is 2. The van der Waals surface area contributed by atoms with E-state index in [1.807, 2.05) is 24.4 Å². The lowest BCUT2D eigenvalue weighted by molar-refractivity contribution is 0.102. The van der Waals surface area contributed by atoms with Gasteiger partial charge in [-0.05, 0) is 24.6 Å². The summed E-state index contributed by atoms with van der Waals surface area (Å²) in [5.74, 6) is -0.158. The van der Waals surface area contributed by atoms with Crippen molar-refractivity contribution in [2.24, 2.45) is 5.73 Å². The minimum Gasteiger partial charge on any atom is -0.326 e. The Bertz CT molecular complexity index is 536. The Balaban J connectivity index is 2.14. The molecule has 88 valence electrons. The van der Waals surface area contributed by atoms with E-state index in [1.165, 1.54) is 11.3 Å². The van der Waals surface area contributed by atoms with Gasteiger partial charge in [-0.15, -0.1) is 11.3 Å². The molecule has 1 aromatic carbocycles. The summed E-state index contributed by atoms with van der Waals surface area (Å²) in [5.41, 5.74) is 7.97. The maximum atomic E-state index is 11.9. The number of aryl methyl sites for hydroxylation is 1. The molecule has 0 aliphatic carbocycles. The fraction of sp³-hybridized carbons (Fsp3) is 0.167. The van der Waals surface area contributed by atoms with Crippen molar-refractivity contribution in [1.82, 2.24) is 4.98 Å². The molecule has 1 aromatic heterocycles. The zero-order chi connectivity index (χ0) is 12.3. The molecule has 0 atom stereocenters. The van der Waals surface area contributed by atoms with Crippen LogP contribution in [-0.4, -0.2) is 10.9 Å². The second-order valence-corrected chi connectivity index (χ2v) is 4.51. The Morgan fingerprint density at radius 2 is 2.35 bits per heavy atom. The molecule has 2 rings (SSSR count). The van der Waals surface area contributed by atoms with Crippen molar-refractivity contribution in [3.63, 3.8) is 0 Å². The average molecular weight is 247 g/mol. The highest BCUT2D eigenvalue weighted by Crippen LogP contribution is 2.16. The molecule has 0 saturated carbocycles. The number of anilines is 1. The molecular weight excluding hydrogens is 234 g/mol. The average Bonchev–Trinajstić information content (AvgIpc) is 2.75. The van der Waals surface area contributed by atoms with Crippen molar-refractivity contribution >= 4 is 22.4 Å². The molecule has 1 amide bonds. The van der Waals surface area contributed by atoms with E-state index in [1.54, 1.807) is 12.1 Å². The largest absolute Gasteiger partial charge is 0.326 e. The SMILES string of the molecule is Cc1csc(NC(=O)c2cccc(CN)c2)n1. The number of hydrogen-bond acceptors (Lipinski definition) is 4. The van der Waals surface area contributed by atoms with Crippen LogP contribution in [-0.2, 0) is 6.54 Å². The van der Waals surface area contributed by atoms with Crippen LogP contribution in [0, 0.1) is 6.92 Å². The van der Waals surface area contributed by atoms with Gasteiger partial charge in [0.1, 0.15) is 0 Å². The predicted octanol–water partition coefficient (Wildman–Crippen LogP) is 2.16. The van der Waals surface area contributed by atoms with E-state index in [-0.39, 0.29) is 5.91 Å². The van der Waals surface area contributed by atoms with Gasteiger partial charge in [0.15, 0.2) is 5.13 Å². The molecular formula is C12H13N3OS. The fourth-order valence-electron chi connectivity index (χ4n) is 1.42. The van der Waals surface area contributed by atoms with Gasteiger partial charge in [-0.25, -0.2) is 4.98 Å². The van der Waals surface area contributed by atoms with Gasteiger partial charge in [0.25, 0.3) is 5.91 Å².